The zero-order chi connectivity index (χ0) is 29.3. The van der Waals surface area contributed by atoms with E-state index in [1.807, 2.05) is 5.43 Å². The van der Waals surface area contributed by atoms with E-state index in [1.54, 1.807) is 32.9 Å². The highest BCUT2D eigenvalue weighted by Gasteiger charge is 2.30. The molecular weight excluding hydrogens is 521 g/mol. The van der Waals surface area contributed by atoms with Gasteiger partial charge in [-0.3, -0.25) is 14.4 Å². The van der Waals surface area contributed by atoms with Crippen LogP contribution in [0, 0.1) is 11.7 Å². The molecule has 4 amide bonds. The summed E-state index contributed by atoms with van der Waals surface area (Å²) in [6.07, 6.45) is 5.20. The first-order chi connectivity index (χ1) is 18.9. The summed E-state index contributed by atoms with van der Waals surface area (Å²) >= 11 is 0. The van der Waals surface area contributed by atoms with Gasteiger partial charge in [-0.05, 0) is 57.4 Å². The Hall–Kier alpha value is -4.22. The number of primary amides is 1. The molecule has 5 N–H and O–H groups in total. The van der Waals surface area contributed by atoms with Crippen molar-refractivity contribution in [3.05, 3.63) is 48.0 Å². The molecule has 1 aromatic heterocycles. The minimum absolute atomic E-state index is 0.0407. The lowest BCUT2D eigenvalue weighted by atomic mass is 9.97. The average molecular weight is 558 g/mol. The van der Waals surface area contributed by atoms with Gasteiger partial charge in [0.1, 0.15) is 23.2 Å². The van der Waals surface area contributed by atoms with Crippen LogP contribution in [0.5, 0.6) is 0 Å². The van der Waals surface area contributed by atoms with Crippen LogP contribution in [0.25, 0.3) is 11.3 Å². The molecule has 0 unspecified atom stereocenters. The van der Waals surface area contributed by atoms with Gasteiger partial charge in [0.05, 0.1) is 12.5 Å². The molecule has 11 nitrogen and oxygen atoms in total. The largest absolute Gasteiger partial charge is 0.460 e. The van der Waals surface area contributed by atoms with Gasteiger partial charge in [0, 0.05) is 11.8 Å². The average Bonchev–Trinajstić information content (AvgIpc) is 3.54. The van der Waals surface area contributed by atoms with Crippen LogP contribution in [-0.2, 0) is 14.3 Å². The molecule has 1 heterocycles. The van der Waals surface area contributed by atoms with E-state index in [9.17, 15) is 23.6 Å². The third-order valence-corrected chi connectivity index (χ3v) is 6.17. The van der Waals surface area contributed by atoms with Crippen molar-refractivity contribution in [3.8, 4) is 11.3 Å². The normalized spacial score (nSPS) is 15.4. The second-order valence-electron chi connectivity index (χ2n) is 10.7. The minimum Gasteiger partial charge on any atom is -0.460 e. The van der Waals surface area contributed by atoms with Crippen molar-refractivity contribution in [1.82, 2.24) is 16.1 Å². The van der Waals surface area contributed by atoms with Crippen LogP contribution in [-0.4, -0.2) is 47.7 Å². The lowest BCUT2D eigenvalue weighted by Crippen LogP contribution is -2.51. The maximum Gasteiger partial charge on any atom is 0.332 e. The van der Waals surface area contributed by atoms with Crippen LogP contribution in [0.2, 0.25) is 0 Å². The number of hydrogen-bond donors (Lipinski definition) is 4. The SMILES string of the molecule is CC(C)(C)OC(=O)C[C@@H](/C=N/NC(N)=O)NC(=O)[C@H](CC1CCCC1)NC(=O)c1ccc(-c2cccc(F)c2)o1. The lowest BCUT2D eigenvalue weighted by Gasteiger charge is -2.24. The van der Waals surface area contributed by atoms with E-state index < -0.39 is 47.3 Å². The first kappa shape index (κ1) is 30.3. The number of esters is 1. The second kappa shape index (κ2) is 13.7. The smallest absolute Gasteiger partial charge is 0.332 e. The van der Waals surface area contributed by atoms with E-state index in [0.29, 0.717) is 17.7 Å². The topological polar surface area (TPSA) is 165 Å². The second-order valence-corrected chi connectivity index (χ2v) is 10.7. The van der Waals surface area contributed by atoms with Crippen LogP contribution < -0.4 is 21.8 Å². The van der Waals surface area contributed by atoms with Crippen LogP contribution in [0.4, 0.5) is 9.18 Å². The fraction of sp³-hybridized carbons (Fsp3) is 0.464. The number of hydrogen-bond acceptors (Lipinski definition) is 7. The number of nitrogens with one attached hydrogen (secondary N) is 3. The van der Waals surface area contributed by atoms with Gasteiger partial charge in [-0.2, -0.15) is 5.10 Å². The third-order valence-electron chi connectivity index (χ3n) is 6.17. The first-order valence-electron chi connectivity index (χ1n) is 13.2. The third kappa shape index (κ3) is 9.83. The first-order valence-corrected chi connectivity index (χ1v) is 13.2. The number of carbonyl (C=O) groups excluding carboxylic acids is 4. The van der Waals surface area contributed by atoms with E-state index in [1.165, 1.54) is 30.5 Å². The quantitative estimate of drug-likeness (QED) is 0.187. The molecule has 12 heteroatoms. The van der Waals surface area contributed by atoms with Crippen LogP contribution in [0.15, 0.2) is 45.9 Å². The number of amides is 4. The van der Waals surface area contributed by atoms with Crippen LogP contribution in [0.3, 0.4) is 0 Å². The van der Waals surface area contributed by atoms with Crippen molar-refractivity contribution in [2.45, 2.75) is 77.0 Å². The highest BCUT2D eigenvalue weighted by atomic mass is 19.1. The number of benzene rings is 1. The number of halogens is 1. The number of nitrogens with two attached hydrogens (primary N) is 1. The van der Waals surface area contributed by atoms with Crippen LogP contribution >= 0.6 is 0 Å². The Balaban J connectivity index is 1.75. The van der Waals surface area contributed by atoms with Gasteiger partial charge in [-0.15, -0.1) is 0 Å². The Bertz CT molecular complexity index is 1230. The summed E-state index contributed by atoms with van der Waals surface area (Å²) in [6, 6.07) is 5.96. The maximum atomic E-state index is 13.6. The molecule has 40 heavy (non-hydrogen) atoms. The molecular formula is C28H36FN5O6. The summed E-state index contributed by atoms with van der Waals surface area (Å²) in [5.74, 6) is -1.71. The Labute approximate surface area is 232 Å². The van der Waals surface area contributed by atoms with E-state index in [0.717, 1.165) is 25.7 Å². The van der Waals surface area contributed by atoms with Gasteiger partial charge >= 0.3 is 12.0 Å². The predicted octanol–water partition coefficient (Wildman–Crippen LogP) is 3.64. The number of hydrazone groups is 1. The lowest BCUT2D eigenvalue weighted by molar-refractivity contribution is -0.155. The molecule has 216 valence electrons. The van der Waals surface area contributed by atoms with Crippen molar-refractivity contribution in [2.24, 2.45) is 16.8 Å². The summed E-state index contributed by atoms with van der Waals surface area (Å²) < 4.78 is 24.6. The zero-order valence-electron chi connectivity index (χ0n) is 22.9. The van der Waals surface area contributed by atoms with Gasteiger partial charge < -0.3 is 25.5 Å². The van der Waals surface area contributed by atoms with Gasteiger partial charge in [-0.1, -0.05) is 37.8 Å². The minimum atomic E-state index is -0.958. The zero-order valence-corrected chi connectivity index (χ0v) is 22.9. The number of carbonyl (C=O) groups is 4. The maximum absolute atomic E-state index is 13.6. The summed E-state index contributed by atoms with van der Waals surface area (Å²) in [5, 5.41) is 9.13. The monoisotopic (exact) mass is 557 g/mol. The van der Waals surface area contributed by atoms with Crippen molar-refractivity contribution in [3.63, 3.8) is 0 Å². The molecule has 0 radical (unpaired) electrons. The molecule has 0 bridgehead atoms. The molecule has 1 fully saturated rings. The molecule has 2 aromatic rings. The number of urea groups is 1. The molecule has 0 saturated heterocycles. The van der Waals surface area contributed by atoms with E-state index in [4.69, 9.17) is 14.9 Å². The molecule has 3 rings (SSSR count). The molecule has 1 aliphatic rings. The Morgan fingerprint density at radius 3 is 2.52 bits per heavy atom. The fourth-order valence-electron chi connectivity index (χ4n) is 4.48. The van der Waals surface area contributed by atoms with E-state index in [-0.39, 0.29) is 18.1 Å². The van der Waals surface area contributed by atoms with E-state index >= 15 is 0 Å². The molecule has 1 aromatic carbocycles. The standard InChI is InChI=1S/C28H36FN5O6/c1-28(2,3)40-24(35)15-20(16-31-34-27(30)38)32-25(36)21(13-17-7-4-5-8-17)33-26(37)23-12-11-22(39-23)18-9-6-10-19(29)14-18/h6,9-12,14,16-17,20-21H,4-5,7-8,13,15H2,1-3H3,(H,32,36)(H,33,37)(H3,30,34,38)/b31-16+/t20-,21-/m0/s1. The number of rotatable bonds is 11. The van der Waals surface area contributed by atoms with Crippen molar-refractivity contribution >= 4 is 30.0 Å². The highest BCUT2D eigenvalue weighted by molar-refractivity contribution is 5.96. The summed E-state index contributed by atoms with van der Waals surface area (Å²) in [7, 11) is 0. The summed E-state index contributed by atoms with van der Waals surface area (Å²) in [6.45, 7) is 5.13. The number of ether oxygens (including phenoxy) is 1. The number of furan rings is 1. The van der Waals surface area contributed by atoms with Crippen molar-refractivity contribution in [2.75, 3.05) is 0 Å². The van der Waals surface area contributed by atoms with Crippen molar-refractivity contribution < 1.29 is 32.7 Å². The molecule has 0 aliphatic heterocycles. The Morgan fingerprint density at radius 1 is 1.15 bits per heavy atom. The Kier molecular flexibility index (Phi) is 10.4. The summed E-state index contributed by atoms with van der Waals surface area (Å²) in [4.78, 5) is 50.0. The molecule has 1 saturated carbocycles. The van der Waals surface area contributed by atoms with Gasteiger partial charge in [0.15, 0.2) is 5.76 Å². The van der Waals surface area contributed by atoms with Crippen LogP contribution in [0.1, 0.15) is 69.9 Å². The highest BCUT2D eigenvalue weighted by Crippen LogP contribution is 2.29. The van der Waals surface area contributed by atoms with Crippen molar-refractivity contribution in [1.29, 1.82) is 0 Å². The van der Waals surface area contributed by atoms with E-state index in [2.05, 4.69) is 15.7 Å². The number of nitrogens with zero attached hydrogens (tertiary/aromatic N) is 1. The molecule has 1 aliphatic carbocycles. The summed E-state index contributed by atoms with van der Waals surface area (Å²) in [5.41, 5.74) is 6.79. The predicted molar refractivity (Wildman–Crippen MR) is 146 cm³/mol. The van der Waals surface area contributed by atoms with Gasteiger partial charge in [-0.25, -0.2) is 14.6 Å². The van der Waals surface area contributed by atoms with Gasteiger partial charge in [0.2, 0.25) is 5.91 Å². The molecule has 2 atom stereocenters. The Morgan fingerprint density at radius 2 is 1.88 bits per heavy atom. The fourth-order valence-corrected chi connectivity index (χ4v) is 4.48. The molecule has 0 spiro atoms. The van der Waals surface area contributed by atoms with Gasteiger partial charge in [0.25, 0.3) is 5.91 Å².